The van der Waals surface area contributed by atoms with Crippen molar-refractivity contribution in [1.29, 1.82) is 5.26 Å². The zero-order chi connectivity index (χ0) is 17.2. The van der Waals surface area contributed by atoms with Gasteiger partial charge in [0.15, 0.2) is 5.78 Å². The number of non-ortho nitro benzene ring substituents is 1. The fourth-order valence-corrected chi connectivity index (χ4v) is 1.77. The number of rotatable bonds is 4. The van der Waals surface area contributed by atoms with Crippen LogP contribution in [0.15, 0.2) is 48.5 Å². The van der Waals surface area contributed by atoms with Gasteiger partial charge in [0.25, 0.3) is 5.69 Å². The summed E-state index contributed by atoms with van der Waals surface area (Å²) >= 11 is 5.72. The van der Waals surface area contributed by atoms with Crippen molar-refractivity contribution in [2.45, 2.75) is 6.42 Å². The third kappa shape index (κ3) is 5.74. The van der Waals surface area contributed by atoms with Crippen molar-refractivity contribution in [3.8, 4) is 6.07 Å². The predicted octanol–water partition coefficient (Wildman–Crippen LogP) is 3.32. The Labute approximate surface area is 137 Å². The van der Waals surface area contributed by atoms with Gasteiger partial charge in [0, 0.05) is 23.4 Å². The van der Waals surface area contributed by atoms with Crippen LogP contribution >= 0.6 is 11.6 Å². The number of anilines is 1. The molecule has 8 heteroatoms. The number of nitrogen functional groups attached to an aromatic ring is 1. The minimum absolute atomic E-state index is 0.0593. The first-order valence-electron chi connectivity index (χ1n) is 6.35. The summed E-state index contributed by atoms with van der Waals surface area (Å²) in [6.45, 7) is 0. The van der Waals surface area contributed by atoms with Crippen LogP contribution in [0.1, 0.15) is 16.8 Å². The molecule has 0 amide bonds. The Morgan fingerprint density at radius 2 is 1.87 bits per heavy atom. The van der Waals surface area contributed by atoms with Crippen molar-refractivity contribution < 1.29 is 9.72 Å². The van der Waals surface area contributed by atoms with Gasteiger partial charge in [-0.3, -0.25) is 20.8 Å². The second-order valence-electron chi connectivity index (χ2n) is 4.19. The molecule has 0 bridgehead atoms. The first-order valence-corrected chi connectivity index (χ1v) is 6.73. The maximum Gasteiger partial charge on any atom is 0.269 e. The van der Waals surface area contributed by atoms with E-state index in [9.17, 15) is 14.9 Å². The molecule has 3 N–H and O–H groups in total. The van der Waals surface area contributed by atoms with E-state index in [2.05, 4.69) is 5.43 Å². The molecule has 23 heavy (non-hydrogen) atoms. The van der Waals surface area contributed by atoms with Crippen LogP contribution in [-0.2, 0) is 0 Å². The Hall–Kier alpha value is -2.95. The summed E-state index contributed by atoms with van der Waals surface area (Å²) in [5.41, 5.74) is 3.50. The molecule has 2 aromatic carbocycles. The van der Waals surface area contributed by atoms with Gasteiger partial charge in [-0.1, -0.05) is 23.7 Å². The van der Waals surface area contributed by atoms with Gasteiger partial charge < -0.3 is 5.43 Å². The van der Waals surface area contributed by atoms with Crippen LogP contribution in [0.5, 0.6) is 0 Å². The number of nitro groups is 1. The summed E-state index contributed by atoms with van der Waals surface area (Å²) in [6, 6.07) is 14.3. The number of hydrogen-bond acceptors (Lipinski definition) is 6. The van der Waals surface area contributed by atoms with Crippen molar-refractivity contribution in [1.82, 2.24) is 0 Å². The Balaban J connectivity index is 0.000000231. The number of carbonyl (C=O) groups is 1. The minimum Gasteiger partial charge on any atom is -0.324 e. The van der Waals surface area contributed by atoms with E-state index >= 15 is 0 Å². The van der Waals surface area contributed by atoms with Crippen LogP contribution in [0, 0.1) is 21.4 Å². The summed E-state index contributed by atoms with van der Waals surface area (Å²) in [6.07, 6.45) is -0.121. The van der Waals surface area contributed by atoms with Gasteiger partial charge in [-0.25, -0.2) is 0 Å². The average Bonchev–Trinajstić information content (AvgIpc) is 2.56. The van der Waals surface area contributed by atoms with Crippen LogP contribution in [0.2, 0.25) is 5.02 Å². The molecule has 2 rings (SSSR count). The molecule has 0 atom stereocenters. The molecular formula is C15H13ClN4O3. The monoisotopic (exact) mass is 332 g/mol. The van der Waals surface area contributed by atoms with Crippen molar-refractivity contribution in [2.75, 3.05) is 5.43 Å². The molecule has 0 aliphatic rings. The molecule has 0 unspecified atom stereocenters. The van der Waals surface area contributed by atoms with E-state index in [1.165, 1.54) is 24.3 Å². The molecule has 0 spiro atoms. The van der Waals surface area contributed by atoms with Crippen molar-refractivity contribution in [2.24, 2.45) is 5.84 Å². The van der Waals surface area contributed by atoms with Gasteiger partial charge in [0.2, 0.25) is 0 Å². The molecule has 0 aromatic heterocycles. The highest BCUT2D eigenvalue weighted by atomic mass is 35.5. The molecule has 2 aromatic rings. The number of hydrogen-bond donors (Lipinski definition) is 2. The Morgan fingerprint density at radius 1 is 1.26 bits per heavy atom. The smallest absolute Gasteiger partial charge is 0.269 e. The van der Waals surface area contributed by atoms with E-state index < -0.39 is 4.92 Å². The number of benzene rings is 2. The zero-order valence-electron chi connectivity index (χ0n) is 11.9. The van der Waals surface area contributed by atoms with Crippen LogP contribution < -0.4 is 11.3 Å². The molecule has 0 aliphatic heterocycles. The fraction of sp³-hybridized carbons (Fsp3) is 0.0667. The van der Waals surface area contributed by atoms with E-state index in [-0.39, 0.29) is 17.9 Å². The molecular weight excluding hydrogens is 320 g/mol. The van der Waals surface area contributed by atoms with E-state index in [1.54, 1.807) is 30.3 Å². The number of Topliss-reactive ketones (excluding diaryl/α,β-unsaturated/α-hetero) is 1. The Kier molecular flexibility index (Phi) is 7.20. The molecule has 0 radical (unpaired) electrons. The highest BCUT2D eigenvalue weighted by molar-refractivity contribution is 6.34. The van der Waals surface area contributed by atoms with Crippen LogP contribution in [0.4, 0.5) is 11.4 Å². The maximum atomic E-state index is 11.2. The number of nitriles is 1. The first kappa shape index (κ1) is 18.1. The lowest BCUT2D eigenvalue weighted by Crippen LogP contribution is -2.06. The second kappa shape index (κ2) is 9.15. The SMILES string of the molecule is N#CCC(=O)c1ccccc1Cl.NNc1ccc([N+](=O)[O-])cc1. The van der Waals surface area contributed by atoms with Gasteiger partial charge >= 0.3 is 0 Å². The highest BCUT2D eigenvalue weighted by Crippen LogP contribution is 2.16. The van der Waals surface area contributed by atoms with Crippen LogP contribution in [0.25, 0.3) is 0 Å². The van der Waals surface area contributed by atoms with E-state index in [1.807, 2.05) is 0 Å². The van der Waals surface area contributed by atoms with Crippen molar-refractivity contribution >= 4 is 28.8 Å². The topological polar surface area (TPSA) is 122 Å². The quantitative estimate of drug-likeness (QED) is 0.383. The van der Waals surface area contributed by atoms with E-state index in [4.69, 9.17) is 22.7 Å². The van der Waals surface area contributed by atoms with Crippen LogP contribution in [-0.4, -0.2) is 10.7 Å². The van der Waals surface area contributed by atoms with Gasteiger partial charge in [0.1, 0.15) is 0 Å². The van der Waals surface area contributed by atoms with E-state index in [0.29, 0.717) is 16.3 Å². The molecule has 0 heterocycles. The molecule has 118 valence electrons. The van der Waals surface area contributed by atoms with Crippen LogP contribution in [0.3, 0.4) is 0 Å². The lowest BCUT2D eigenvalue weighted by molar-refractivity contribution is -0.384. The summed E-state index contributed by atoms with van der Waals surface area (Å²) in [4.78, 5) is 20.9. The summed E-state index contributed by atoms with van der Waals surface area (Å²) in [5, 5.41) is 18.8. The van der Waals surface area contributed by atoms with Crippen molar-refractivity contribution in [3.05, 3.63) is 69.2 Å². The second-order valence-corrected chi connectivity index (χ2v) is 4.59. The summed E-state index contributed by atoms with van der Waals surface area (Å²) in [7, 11) is 0. The molecule has 0 fully saturated rings. The normalized spacial score (nSPS) is 9.09. The summed E-state index contributed by atoms with van der Waals surface area (Å²) in [5.74, 6) is 4.82. The maximum absolute atomic E-state index is 11.2. The standard InChI is InChI=1S/C9H6ClNO.C6H7N3O2/c10-8-4-2-1-3-7(8)9(12)5-6-11;7-8-5-1-3-6(4-2-5)9(10)11/h1-4H,5H2;1-4,8H,7H2. The third-order valence-electron chi connectivity index (χ3n) is 2.66. The molecule has 0 aliphatic carbocycles. The molecule has 0 saturated carbocycles. The summed E-state index contributed by atoms with van der Waals surface area (Å²) < 4.78 is 0. The fourth-order valence-electron chi connectivity index (χ4n) is 1.53. The largest absolute Gasteiger partial charge is 0.324 e. The lowest BCUT2D eigenvalue weighted by Gasteiger charge is -1.97. The number of ketones is 1. The van der Waals surface area contributed by atoms with Gasteiger partial charge in [-0.15, -0.1) is 0 Å². The molecule has 0 saturated heterocycles. The number of halogens is 1. The minimum atomic E-state index is -0.458. The molecule has 7 nitrogen and oxygen atoms in total. The number of nitrogens with two attached hydrogens (primary N) is 1. The van der Waals surface area contributed by atoms with Gasteiger partial charge in [-0.2, -0.15) is 5.26 Å². The average molecular weight is 333 g/mol. The third-order valence-corrected chi connectivity index (χ3v) is 2.99. The number of nitrogens with zero attached hydrogens (tertiary/aromatic N) is 2. The number of nitro benzene ring substituents is 1. The van der Waals surface area contributed by atoms with E-state index in [0.717, 1.165) is 0 Å². The zero-order valence-corrected chi connectivity index (χ0v) is 12.7. The predicted molar refractivity (Wildman–Crippen MR) is 86.9 cm³/mol. The van der Waals surface area contributed by atoms with Gasteiger partial charge in [0.05, 0.1) is 22.4 Å². The Bertz CT molecular complexity index is 726. The van der Waals surface area contributed by atoms with Gasteiger partial charge in [-0.05, 0) is 24.3 Å². The van der Waals surface area contributed by atoms with Crippen molar-refractivity contribution in [3.63, 3.8) is 0 Å². The first-order chi connectivity index (χ1) is 11.0. The highest BCUT2D eigenvalue weighted by Gasteiger charge is 2.07. The number of hydrazine groups is 1. The number of nitrogens with one attached hydrogen (secondary N) is 1. The Morgan fingerprint density at radius 3 is 2.35 bits per heavy atom. The lowest BCUT2D eigenvalue weighted by atomic mass is 10.1. The number of carbonyl (C=O) groups excluding carboxylic acids is 1.